The predicted octanol–water partition coefficient (Wildman–Crippen LogP) is 1.84. The lowest BCUT2D eigenvalue weighted by atomic mass is 9.96. The molecule has 0 aliphatic heterocycles. The summed E-state index contributed by atoms with van der Waals surface area (Å²) in [5.74, 6) is 0.359. The van der Waals surface area contributed by atoms with Gasteiger partial charge in [0.15, 0.2) is 5.82 Å². The lowest BCUT2D eigenvalue weighted by Gasteiger charge is -2.21. The Morgan fingerprint density at radius 3 is 2.71 bits per heavy atom. The maximum Gasteiger partial charge on any atom is 0.163 e. The normalized spacial score (nSPS) is 17.9. The maximum atomic E-state index is 8.75. The van der Waals surface area contributed by atoms with Crippen LogP contribution in [0.3, 0.4) is 0 Å². The van der Waals surface area contributed by atoms with E-state index in [4.69, 9.17) is 11.0 Å². The maximum absolute atomic E-state index is 8.75. The van der Waals surface area contributed by atoms with Crippen LogP contribution >= 0.6 is 0 Å². The van der Waals surface area contributed by atoms with Crippen molar-refractivity contribution in [2.45, 2.75) is 38.1 Å². The van der Waals surface area contributed by atoms with E-state index in [9.17, 15) is 0 Å². The molecule has 1 saturated carbocycles. The van der Waals surface area contributed by atoms with Gasteiger partial charge in [-0.25, -0.2) is 0 Å². The molecular formula is C10H14N4. The Bertz CT molecular complexity index is 355. The molecule has 1 aromatic rings. The lowest BCUT2D eigenvalue weighted by molar-refractivity contribution is 0.330. The highest BCUT2D eigenvalue weighted by Crippen LogP contribution is 2.28. The van der Waals surface area contributed by atoms with Crippen LogP contribution in [-0.2, 0) is 0 Å². The Kier molecular flexibility index (Phi) is 2.40. The summed E-state index contributed by atoms with van der Waals surface area (Å²) >= 11 is 0. The van der Waals surface area contributed by atoms with Crippen LogP contribution in [-0.4, -0.2) is 9.78 Å². The minimum atomic E-state index is 0.359. The molecule has 14 heavy (non-hydrogen) atoms. The van der Waals surface area contributed by atoms with Crippen molar-refractivity contribution in [2.24, 2.45) is 0 Å². The molecule has 2 rings (SSSR count). The highest BCUT2D eigenvalue weighted by molar-refractivity contribution is 5.46. The molecule has 1 aromatic heterocycles. The number of hydrogen-bond donors (Lipinski definition) is 1. The first-order chi connectivity index (χ1) is 6.81. The van der Waals surface area contributed by atoms with Crippen LogP contribution in [0.1, 0.15) is 43.7 Å². The van der Waals surface area contributed by atoms with E-state index in [1.807, 2.05) is 10.8 Å². The van der Waals surface area contributed by atoms with Gasteiger partial charge in [-0.2, -0.15) is 10.4 Å². The molecule has 0 bridgehead atoms. The summed E-state index contributed by atoms with van der Waals surface area (Å²) in [6.07, 6.45) is 7.92. The second-order valence-corrected chi connectivity index (χ2v) is 3.81. The molecule has 0 saturated heterocycles. The van der Waals surface area contributed by atoms with Gasteiger partial charge >= 0.3 is 0 Å². The van der Waals surface area contributed by atoms with Gasteiger partial charge in [-0.3, -0.25) is 4.68 Å². The summed E-state index contributed by atoms with van der Waals surface area (Å²) in [5.41, 5.74) is 6.10. The van der Waals surface area contributed by atoms with Crippen LogP contribution in [0.25, 0.3) is 0 Å². The van der Waals surface area contributed by atoms with Crippen LogP contribution in [0, 0.1) is 11.3 Å². The molecule has 1 fully saturated rings. The van der Waals surface area contributed by atoms with E-state index in [1.165, 1.54) is 19.3 Å². The van der Waals surface area contributed by atoms with Crippen LogP contribution in [0.15, 0.2) is 6.20 Å². The van der Waals surface area contributed by atoms with Gasteiger partial charge in [0.05, 0.1) is 6.04 Å². The molecule has 0 radical (unpaired) electrons. The Balaban J connectivity index is 2.19. The van der Waals surface area contributed by atoms with Crippen molar-refractivity contribution in [2.75, 3.05) is 5.73 Å². The first-order valence-corrected chi connectivity index (χ1v) is 5.06. The van der Waals surface area contributed by atoms with Gasteiger partial charge in [-0.1, -0.05) is 19.3 Å². The molecule has 0 atom stereocenters. The van der Waals surface area contributed by atoms with Crippen molar-refractivity contribution in [1.29, 1.82) is 5.26 Å². The Hall–Kier alpha value is -1.50. The van der Waals surface area contributed by atoms with Crippen molar-refractivity contribution in [3.05, 3.63) is 11.8 Å². The van der Waals surface area contributed by atoms with E-state index < -0.39 is 0 Å². The second-order valence-electron chi connectivity index (χ2n) is 3.81. The highest BCUT2D eigenvalue weighted by atomic mass is 15.3. The van der Waals surface area contributed by atoms with E-state index in [0.29, 0.717) is 17.4 Å². The number of nitrogens with two attached hydrogens (primary N) is 1. The van der Waals surface area contributed by atoms with E-state index in [-0.39, 0.29) is 0 Å². The third-order valence-electron chi connectivity index (χ3n) is 2.83. The monoisotopic (exact) mass is 190 g/mol. The van der Waals surface area contributed by atoms with Crippen molar-refractivity contribution in [3.63, 3.8) is 0 Å². The third-order valence-corrected chi connectivity index (χ3v) is 2.83. The lowest BCUT2D eigenvalue weighted by Crippen LogP contribution is -2.13. The number of nitriles is 1. The number of nitrogens with zero attached hydrogens (tertiary/aromatic N) is 3. The molecule has 0 spiro atoms. The standard InChI is InChI=1S/C10H14N4/c11-6-8-7-14(13-10(8)12)9-4-2-1-3-5-9/h7,9H,1-5H2,(H2,12,13). The average molecular weight is 190 g/mol. The zero-order valence-electron chi connectivity index (χ0n) is 8.11. The number of hydrogen-bond acceptors (Lipinski definition) is 3. The summed E-state index contributed by atoms with van der Waals surface area (Å²) < 4.78 is 1.87. The summed E-state index contributed by atoms with van der Waals surface area (Å²) in [5, 5.41) is 12.9. The van der Waals surface area contributed by atoms with Crippen LogP contribution in [0.4, 0.5) is 5.82 Å². The van der Waals surface area contributed by atoms with E-state index in [1.54, 1.807) is 6.20 Å². The molecule has 1 aliphatic carbocycles. The molecule has 2 N–H and O–H groups in total. The van der Waals surface area contributed by atoms with Crippen molar-refractivity contribution >= 4 is 5.82 Å². The highest BCUT2D eigenvalue weighted by Gasteiger charge is 2.17. The van der Waals surface area contributed by atoms with Gasteiger partial charge in [0.2, 0.25) is 0 Å². The number of aromatic nitrogens is 2. The quantitative estimate of drug-likeness (QED) is 0.734. The predicted molar refractivity (Wildman–Crippen MR) is 53.5 cm³/mol. The molecule has 4 nitrogen and oxygen atoms in total. The first-order valence-electron chi connectivity index (χ1n) is 5.06. The molecule has 0 amide bonds. The van der Waals surface area contributed by atoms with E-state index in [0.717, 1.165) is 12.8 Å². The van der Waals surface area contributed by atoms with Crippen LogP contribution < -0.4 is 5.73 Å². The Labute approximate surface area is 83.3 Å². The molecule has 0 unspecified atom stereocenters. The summed E-state index contributed by atoms with van der Waals surface area (Å²) in [4.78, 5) is 0. The van der Waals surface area contributed by atoms with Gasteiger partial charge < -0.3 is 5.73 Å². The van der Waals surface area contributed by atoms with Crippen molar-refractivity contribution < 1.29 is 0 Å². The zero-order chi connectivity index (χ0) is 9.97. The molecule has 74 valence electrons. The fourth-order valence-electron chi connectivity index (χ4n) is 2.02. The molecule has 1 heterocycles. The topological polar surface area (TPSA) is 67.6 Å². The Morgan fingerprint density at radius 2 is 2.14 bits per heavy atom. The smallest absolute Gasteiger partial charge is 0.163 e. The average Bonchev–Trinajstić information content (AvgIpc) is 2.61. The minimum Gasteiger partial charge on any atom is -0.381 e. The van der Waals surface area contributed by atoms with Gasteiger partial charge in [-0.15, -0.1) is 0 Å². The fourth-order valence-corrected chi connectivity index (χ4v) is 2.02. The van der Waals surface area contributed by atoms with Crippen LogP contribution in [0.2, 0.25) is 0 Å². The van der Waals surface area contributed by atoms with E-state index in [2.05, 4.69) is 5.10 Å². The van der Waals surface area contributed by atoms with Crippen molar-refractivity contribution in [1.82, 2.24) is 9.78 Å². The Morgan fingerprint density at radius 1 is 1.43 bits per heavy atom. The zero-order valence-corrected chi connectivity index (χ0v) is 8.11. The molecule has 0 aromatic carbocycles. The largest absolute Gasteiger partial charge is 0.381 e. The van der Waals surface area contributed by atoms with Crippen molar-refractivity contribution in [3.8, 4) is 6.07 Å². The minimum absolute atomic E-state index is 0.359. The second kappa shape index (κ2) is 3.70. The van der Waals surface area contributed by atoms with Crippen LogP contribution in [0.5, 0.6) is 0 Å². The van der Waals surface area contributed by atoms with Gasteiger partial charge in [-0.05, 0) is 12.8 Å². The number of anilines is 1. The fraction of sp³-hybridized carbons (Fsp3) is 0.600. The third kappa shape index (κ3) is 1.58. The molecular weight excluding hydrogens is 176 g/mol. The SMILES string of the molecule is N#Cc1cn(C2CCCCC2)nc1N. The number of rotatable bonds is 1. The molecule has 1 aliphatic rings. The van der Waals surface area contributed by atoms with E-state index >= 15 is 0 Å². The first kappa shape index (κ1) is 9.07. The van der Waals surface area contributed by atoms with Gasteiger partial charge in [0.1, 0.15) is 11.6 Å². The molecule has 4 heteroatoms. The van der Waals surface area contributed by atoms with Gasteiger partial charge in [0, 0.05) is 6.20 Å². The van der Waals surface area contributed by atoms with Gasteiger partial charge in [0.25, 0.3) is 0 Å². The summed E-state index contributed by atoms with van der Waals surface area (Å²) in [7, 11) is 0. The number of nitrogen functional groups attached to an aromatic ring is 1. The summed E-state index contributed by atoms with van der Waals surface area (Å²) in [6.45, 7) is 0. The summed E-state index contributed by atoms with van der Waals surface area (Å²) in [6, 6.07) is 2.50.